The number of para-hydroxylation sites is 3. The second-order valence-electron chi connectivity index (χ2n) is 15.2. The number of benzene rings is 10. The minimum Gasteiger partial charge on any atom is -0.455 e. The summed E-state index contributed by atoms with van der Waals surface area (Å²) in [5.74, 6) is 0. The summed E-state index contributed by atoms with van der Waals surface area (Å²) >= 11 is 0. The molecule has 2 heterocycles. The highest BCUT2D eigenvalue weighted by atomic mass is 16.3. The summed E-state index contributed by atoms with van der Waals surface area (Å²) < 4.78 is 14.0. The predicted molar refractivity (Wildman–Crippen MR) is 247 cm³/mol. The largest absolute Gasteiger partial charge is 0.455 e. The summed E-state index contributed by atoms with van der Waals surface area (Å²) in [5, 5.41) is 9.06. The first kappa shape index (κ1) is 33.3. The molecule has 0 spiro atoms. The molecule has 0 saturated heterocycles. The van der Waals surface area contributed by atoms with E-state index in [-0.39, 0.29) is 0 Å². The number of hydrogen-bond donors (Lipinski definition) is 0. The monoisotopic (exact) mass is 753 g/mol. The fourth-order valence-electron chi connectivity index (χ4n) is 9.06. The van der Waals surface area contributed by atoms with Crippen LogP contribution in [0.5, 0.6) is 0 Å². The van der Waals surface area contributed by atoms with Crippen molar-refractivity contribution in [2.75, 3.05) is 4.90 Å². The highest BCUT2D eigenvalue weighted by Gasteiger charge is 2.26. The van der Waals surface area contributed by atoms with E-state index in [1.165, 1.54) is 32.7 Å². The van der Waals surface area contributed by atoms with Crippen molar-refractivity contribution in [3.8, 4) is 33.4 Å². The van der Waals surface area contributed by atoms with E-state index in [1.807, 2.05) is 6.07 Å². The highest BCUT2D eigenvalue weighted by molar-refractivity contribution is 6.20. The molecule has 0 unspecified atom stereocenters. The number of anilines is 3. The molecule has 12 rings (SSSR count). The van der Waals surface area contributed by atoms with E-state index in [0.29, 0.717) is 0 Å². The fraction of sp³-hybridized carbons (Fsp3) is 0. The van der Waals surface area contributed by atoms with Gasteiger partial charge in [-0.1, -0.05) is 176 Å². The fourth-order valence-corrected chi connectivity index (χ4v) is 9.06. The van der Waals surface area contributed by atoms with Crippen molar-refractivity contribution in [3.63, 3.8) is 0 Å². The molecule has 3 heteroatoms. The first-order chi connectivity index (χ1) is 29.3. The summed E-state index contributed by atoms with van der Waals surface area (Å²) in [5.41, 5.74) is 13.1. The molecule has 276 valence electrons. The first-order valence-corrected chi connectivity index (χ1v) is 20.1. The normalized spacial score (nSPS) is 11.7. The average Bonchev–Trinajstić information content (AvgIpc) is 3.90. The third-order valence-corrected chi connectivity index (χ3v) is 11.9. The summed E-state index contributed by atoms with van der Waals surface area (Å²) in [6.45, 7) is 0. The smallest absolute Gasteiger partial charge is 0.159 e. The van der Waals surface area contributed by atoms with Gasteiger partial charge in [-0.25, -0.2) is 0 Å². The van der Waals surface area contributed by atoms with E-state index in [2.05, 4.69) is 211 Å². The third-order valence-electron chi connectivity index (χ3n) is 11.9. The van der Waals surface area contributed by atoms with Crippen molar-refractivity contribution in [3.05, 3.63) is 212 Å². The van der Waals surface area contributed by atoms with Crippen LogP contribution in [0.1, 0.15) is 0 Å². The van der Waals surface area contributed by atoms with Gasteiger partial charge in [-0.2, -0.15) is 0 Å². The second-order valence-corrected chi connectivity index (χ2v) is 15.2. The lowest BCUT2D eigenvalue weighted by Gasteiger charge is -2.27. The van der Waals surface area contributed by atoms with Crippen LogP contribution >= 0.6 is 0 Å². The van der Waals surface area contributed by atoms with Crippen LogP contribution in [0.2, 0.25) is 0 Å². The van der Waals surface area contributed by atoms with Gasteiger partial charge in [-0.3, -0.25) is 0 Å². The molecule has 0 saturated carbocycles. The Balaban J connectivity index is 1.14. The van der Waals surface area contributed by atoms with Gasteiger partial charge in [0.05, 0.1) is 16.8 Å². The van der Waals surface area contributed by atoms with Gasteiger partial charge in [-0.05, 0) is 80.2 Å². The lowest BCUT2D eigenvalue weighted by atomic mass is 9.97. The molecular weight excluding hydrogens is 719 g/mol. The molecule has 0 aliphatic carbocycles. The number of nitrogens with zero attached hydrogens (tertiary/aromatic N) is 1. The number of furan rings is 2. The van der Waals surface area contributed by atoms with Gasteiger partial charge in [0.15, 0.2) is 5.58 Å². The van der Waals surface area contributed by atoms with E-state index in [0.717, 1.165) is 83.2 Å². The molecule has 2 aromatic heterocycles. The van der Waals surface area contributed by atoms with Gasteiger partial charge in [0.1, 0.15) is 16.7 Å². The Morgan fingerprint density at radius 1 is 0.305 bits per heavy atom. The molecule has 3 nitrogen and oxygen atoms in total. The van der Waals surface area contributed by atoms with E-state index < -0.39 is 0 Å². The molecule has 12 aromatic rings. The van der Waals surface area contributed by atoms with Crippen LogP contribution in [-0.4, -0.2) is 0 Å². The van der Waals surface area contributed by atoms with Crippen LogP contribution in [0.3, 0.4) is 0 Å². The van der Waals surface area contributed by atoms with Crippen molar-refractivity contribution in [1.29, 1.82) is 0 Å². The molecule has 0 aliphatic rings. The summed E-state index contributed by atoms with van der Waals surface area (Å²) in [6.07, 6.45) is 0. The molecule has 0 bridgehead atoms. The minimum atomic E-state index is 0.824. The molecular formula is C56H35NO2. The second kappa shape index (κ2) is 13.4. The highest BCUT2D eigenvalue weighted by Crippen LogP contribution is 2.49. The molecule has 0 radical (unpaired) electrons. The first-order valence-electron chi connectivity index (χ1n) is 20.1. The Labute approximate surface area is 340 Å². The predicted octanol–water partition coefficient (Wildman–Crippen LogP) is 16.3. The van der Waals surface area contributed by atoms with Gasteiger partial charge >= 0.3 is 0 Å². The van der Waals surface area contributed by atoms with Gasteiger partial charge < -0.3 is 13.7 Å². The van der Waals surface area contributed by atoms with Crippen LogP contribution in [0, 0.1) is 0 Å². The molecule has 0 amide bonds. The maximum atomic E-state index is 7.11. The van der Waals surface area contributed by atoms with E-state index in [4.69, 9.17) is 8.83 Å². The Morgan fingerprint density at radius 3 is 1.69 bits per heavy atom. The standard InChI is InChI=1S/C56H35NO2/c1-3-13-36(14-4-1)37-25-27-40(28-26-37)45-33-34-50(53-48-19-9-10-24-52(48)58-56(45)53)57(42-32-31-41-30-29-39-17-7-8-18-43(39)49(41)35-42)51-23-12-22-47-46-21-11-20-44(54(46)59-55(47)51)38-15-5-2-6-16-38/h1-35H. The lowest BCUT2D eigenvalue weighted by Crippen LogP contribution is -2.11. The van der Waals surface area contributed by atoms with Gasteiger partial charge in [0, 0.05) is 33.0 Å². The average molecular weight is 754 g/mol. The van der Waals surface area contributed by atoms with Crippen molar-refractivity contribution >= 4 is 82.5 Å². The van der Waals surface area contributed by atoms with Crippen molar-refractivity contribution in [2.45, 2.75) is 0 Å². The maximum absolute atomic E-state index is 7.11. The van der Waals surface area contributed by atoms with E-state index in [9.17, 15) is 0 Å². The Bertz CT molecular complexity index is 3540. The minimum absolute atomic E-state index is 0.824. The maximum Gasteiger partial charge on any atom is 0.159 e. The Kier molecular flexibility index (Phi) is 7.54. The van der Waals surface area contributed by atoms with Crippen molar-refractivity contribution in [1.82, 2.24) is 0 Å². The molecule has 59 heavy (non-hydrogen) atoms. The third kappa shape index (κ3) is 5.36. The molecule has 0 aliphatic heterocycles. The van der Waals surface area contributed by atoms with Crippen LogP contribution in [0.25, 0.3) is 98.8 Å². The van der Waals surface area contributed by atoms with E-state index in [1.54, 1.807) is 0 Å². The SMILES string of the molecule is c1ccc(-c2ccc(-c3ccc(N(c4ccc5ccc6ccccc6c5c4)c4cccc5c4oc4c(-c6ccccc6)cccc45)c4c3oc3ccccc34)cc2)cc1. The number of hydrogen-bond acceptors (Lipinski definition) is 3. The zero-order valence-electron chi connectivity index (χ0n) is 32.0. The zero-order chi connectivity index (χ0) is 38.9. The van der Waals surface area contributed by atoms with Gasteiger partial charge in [0.25, 0.3) is 0 Å². The van der Waals surface area contributed by atoms with Gasteiger partial charge in [-0.15, -0.1) is 0 Å². The number of rotatable bonds is 6. The van der Waals surface area contributed by atoms with Crippen LogP contribution in [0.4, 0.5) is 17.1 Å². The molecule has 0 atom stereocenters. The van der Waals surface area contributed by atoms with Crippen LogP contribution in [0.15, 0.2) is 221 Å². The van der Waals surface area contributed by atoms with E-state index >= 15 is 0 Å². The van der Waals surface area contributed by atoms with Crippen LogP contribution in [-0.2, 0) is 0 Å². The van der Waals surface area contributed by atoms with Gasteiger partial charge in [0.2, 0.25) is 0 Å². The number of fused-ring (bicyclic) bond motifs is 9. The van der Waals surface area contributed by atoms with Crippen molar-refractivity contribution < 1.29 is 8.83 Å². The summed E-state index contributed by atoms with van der Waals surface area (Å²) in [6, 6.07) is 75.5. The van der Waals surface area contributed by atoms with Crippen LogP contribution < -0.4 is 4.90 Å². The molecule has 0 fully saturated rings. The van der Waals surface area contributed by atoms with Crippen molar-refractivity contribution in [2.24, 2.45) is 0 Å². The zero-order valence-corrected chi connectivity index (χ0v) is 32.0. The molecule has 0 N–H and O–H groups in total. The Hall–Kier alpha value is -7.88. The quantitative estimate of drug-likeness (QED) is 0.158. The summed E-state index contributed by atoms with van der Waals surface area (Å²) in [4.78, 5) is 2.38. The Morgan fingerprint density at radius 2 is 0.881 bits per heavy atom. The lowest BCUT2D eigenvalue weighted by molar-refractivity contribution is 0.669. The summed E-state index contributed by atoms with van der Waals surface area (Å²) in [7, 11) is 0. The molecule has 10 aromatic carbocycles. The topological polar surface area (TPSA) is 29.5 Å².